The van der Waals surface area contributed by atoms with Gasteiger partial charge in [0.2, 0.25) is 0 Å². The van der Waals surface area contributed by atoms with Crippen molar-refractivity contribution in [1.82, 2.24) is 4.57 Å². The van der Waals surface area contributed by atoms with Crippen LogP contribution >= 0.6 is 34.2 Å². The Balaban J connectivity index is 2.61. The van der Waals surface area contributed by atoms with E-state index in [1.807, 2.05) is 6.20 Å². The SMILES string of the molecule is ClCCn1ccc(I)c1. The third-order valence-corrected chi connectivity index (χ3v) is 1.86. The Hall–Kier alpha value is 0.300. The maximum Gasteiger partial charge on any atom is 0.0403 e. The zero-order valence-electron chi connectivity index (χ0n) is 4.85. The van der Waals surface area contributed by atoms with Gasteiger partial charge in [0.15, 0.2) is 0 Å². The highest BCUT2D eigenvalue weighted by atomic mass is 127. The highest BCUT2D eigenvalue weighted by molar-refractivity contribution is 14.1. The summed E-state index contributed by atoms with van der Waals surface area (Å²) in [6, 6.07) is 2.06. The van der Waals surface area contributed by atoms with E-state index in [1.165, 1.54) is 3.57 Å². The van der Waals surface area contributed by atoms with Crippen molar-refractivity contribution in [3.05, 3.63) is 22.0 Å². The lowest BCUT2D eigenvalue weighted by Crippen LogP contribution is -1.93. The van der Waals surface area contributed by atoms with E-state index >= 15 is 0 Å². The Morgan fingerprint density at radius 2 is 2.44 bits per heavy atom. The molecule has 0 aliphatic carbocycles. The first kappa shape index (κ1) is 7.41. The van der Waals surface area contributed by atoms with Gasteiger partial charge in [0.05, 0.1) is 0 Å². The Labute approximate surface area is 73.1 Å². The molecule has 0 N–H and O–H groups in total. The number of hydrogen-bond donors (Lipinski definition) is 0. The fourth-order valence-electron chi connectivity index (χ4n) is 0.648. The van der Waals surface area contributed by atoms with Crippen molar-refractivity contribution in [2.24, 2.45) is 0 Å². The average molecular weight is 255 g/mol. The second-order valence-electron chi connectivity index (χ2n) is 1.76. The molecule has 0 aromatic carbocycles. The smallest absolute Gasteiger partial charge is 0.0403 e. The molecule has 0 bridgehead atoms. The molecule has 1 heterocycles. The lowest BCUT2D eigenvalue weighted by atomic mass is 10.7. The molecule has 0 saturated heterocycles. The first-order chi connectivity index (χ1) is 4.33. The summed E-state index contributed by atoms with van der Waals surface area (Å²) in [5, 5.41) is 0. The van der Waals surface area contributed by atoms with E-state index < -0.39 is 0 Å². The molecule has 0 amide bonds. The van der Waals surface area contributed by atoms with Crippen molar-refractivity contribution in [3.8, 4) is 0 Å². The number of aryl methyl sites for hydroxylation is 1. The molecule has 1 rings (SSSR count). The lowest BCUT2D eigenvalue weighted by Gasteiger charge is -1.94. The highest BCUT2D eigenvalue weighted by Crippen LogP contribution is 2.03. The molecule has 0 aliphatic rings. The van der Waals surface area contributed by atoms with Crippen LogP contribution in [0.3, 0.4) is 0 Å². The number of alkyl halides is 1. The first-order valence-electron chi connectivity index (χ1n) is 2.70. The molecule has 0 fully saturated rings. The number of halogens is 2. The second-order valence-corrected chi connectivity index (χ2v) is 3.38. The van der Waals surface area contributed by atoms with E-state index in [0.717, 1.165) is 6.54 Å². The standard InChI is InChI=1S/C6H7ClIN/c7-2-4-9-3-1-6(8)5-9/h1,3,5H,2,4H2. The maximum atomic E-state index is 5.52. The van der Waals surface area contributed by atoms with E-state index in [9.17, 15) is 0 Å². The van der Waals surface area contributed by atoms with E-state index in [1.54, 1.807) is 0 Å². The topological polar surface area (TPSA) is 4.93 Å². The van der Waals surface area contributed by atoms with Gasteiger partial charge >= 0.3 is 0 Å². The highest BCUT2D eigenvalue weighted by Gasteiger charge is 1.89. The number of nitrogens with zero attached hydrogens (tertiary/aromatic N) is 1. The molecular formula is C6H7ClIN. The zero-order chi connectivity index (χ0) is 6.69. The van der Waals surface area contributed by atoms with Gasteiger partial charge in [-0.2, -0.15) is 0 Å². The minimum Gasteiger partial charge on any atom is -0.352 e. The summed E-state index contributed by atoms with van der Waals surface area (Å²) in [6.45, 7) is 0.907. The first-order valence-corrected chi connectivity index (χ1v) is 4.31. The van der Waals surface area contributed by atoms with E-state index in [2.05, 4.69) is 39.4 Å². The molecule has 0 spiro atoms. The van der Waals surface area contributed by atoms with Crippen LogP contribution in [0.25, 0.3) is 0 Å². The van der Waals surface area contributed by atoms with Crippen LogP contribution < -0.4 is 0 Å². The summed E-state index contributed by atoms with van der Waals surface area (Å²) in [6.07, 6.45) is 4.10. The van der Waals surface area contributed by atoms with Gasteiger partial charge < -0.3 is 4.57 Å². The molecule has 0 saturated carbocycles. The minimum absolute atomic E-state index is 0.685. The lowest BCUT2D eigenvalue weighted by molar-refractivity contribution is 0.774. The maximum absolute atomic E-state index is 5.52. The fourth-order valence-corrected chi connectivity index (χ4v) is 1.36. The predicted octanol–water partition coefficient (Wildman–Crippen LogP) is 2.33. The summed E-state index contributed by atoms with van der Waals surface area (Å²) >= 11 is 7.80. The van der Waals surface area contributed by atoms with Crippen LogP contribution in [-0.2, 0) is 6.54 Å². The van der Waals surface area contributed by atoms with Gasteiger partial charge in [-0.25, -0.2) is 0 Å². The molecule has 1 aromatic rings. The van der Waals surface area contributed by atoms with Crippen molar-refractivity contribution in [1.29, 1.82) is 0 Å². The van der Waals surface area contributed by atoms with Crippen molar-refractivity contribution in [3.63, 3.8) is 0 Å². The Morgan fingerprint density at radius 1 is 1.67 bits per heavy atom. The molecule has 50 valence electrons. The van der Waals surface area contributed by atoms with Gasteiger partial charge in [0.1, 0.15) is 0 Å². The molecule has 0 unspecified atom stereocenters. The van der Waals surface area contributed by atoms with Crippen LogP contribution in [0.2, 0.25) is 0 Å². The quantitative estimate of drug-likeness (QED) is 0.565. The van der Waals surface area contributed by atoms with Crippen molar-refractivity contribution in [2.45, 2.75) is 6.54 Å². The Bertz CT molecular complexity index is 185. The van der Waals surface area contributed by atoms with Gasteiger partial charge in [0.25, 0.3) is 0 Å². The number of rotatable bonds is 2. The summed E-state index contributed by atoms with van der Waals surface area (Å²) in [5.74, 6) is 0.685. The molecule has 3 heteroatoms. The number of aromatic nitrogens is 1. The Morgan fingerprint density at radius 3 is 2.89 bits per heavy atom. The van der Waals surface area contributed by atoms with Crippen molar-refractivity contribution in [2.75, 3.05) is 5.88 Å². The normalized spacial score (nSPS) is 10.0. The minimum atomic E-state index is 0.685. The average Bonchev–Trinajstić information content (AvgIpc) is 2.17. The predicted molar refractivity (Wildman–Crippen MR) is 47.9 cm³/mol. The van der Waals surface area contributed by atoms with Gasteiger partial charge in [-0.15, -0.1) is 11.6 Å². The molecule has 0 atom stereocenters. The van der Waals surface area contributed by atoms with E-state index in [-0.39, 0.29) is 0 Å². The molecule has 0 radical (unpaired) electrons. The van der Waals surface area contributed by atoms with Crippen LogP contribution in [-0.4, -0.2) is 10.4 Å². The fraction of sp³-hybridized carbons (Fsp3) is 0.333. The molecule has 9 heavy (non-hydrogen) atoms. The monoisotopic (exact) mass is 255 g/mol. The van der Waals surface area contributed by atoms with Crippen LogP contribution in [0.15, 0.2) is 18.5 Å². The summed E-state index contributed by atoms with van der Waals surface area (Å²) in [7, 11) is 0. The summed E-state index contributed by atoms with van der Waals surface area (Å²) in [4.78, 5) is 0. The van der Waals surface area contributed by atoms with Crippen molar-refractivity contribution < 1.29 is 0 Å². The zero-order valence-corrected chi connectivity index (χ0v) is 7.76. The van der Waals surface area contributed by atoms with Gasteiger partial charge in [-0.05, 0) is 28.7 Å². The molecular weight excluding hydrogens is 248 g/mol. The van der Waals surface area contributed by atoms with Gasteiger partial charge in [-0.3, -0.25) is 0 Å². The summed E-state index contributed by atoms with van der Waals surface area (Å²) < 4.78 is 3.34. The Kier molecular flexibility index (Phi) is 2.85. The van der Waals surface area contributed by atoms with Gasteiger partial charge in [-0.1, -0.05) is 0 Å². The van der Waals surface area contributed by atoms with Crippen molar-refractivity contribution >= 4 is 34.2 Å². The van der Waals surface area contributed by atoms with Gasteiger partial charge in [0, 0.05) is 28.4 Å². The van der Waals surface area contributed by atoms with Crippen LogP contribution in [0.4, 0.5) is 0 Å². The largest absolute Gasteiger partial charge is 0.352 e. The van der Waals surface area contributed by atoms with E-state index in [4.69, 9.17) is 11.6 Å². The summed E-state index contributed by atoms with van der Waals surface area (Å²) in [5.41, 5.74) is 0. The third kappa shape index (κ3) is 2.18. The molecule has 1 aromatic heterocycles. The molecule has 1 nitrogen and oxygen atoms in total. The van der Waals surface area contributed by atoms with Crippen LogP contribution in [0, 0.1) is 3.57 Å². The van der Waals surface area contributed by atoms with Crippen LogP contribution in [0.5, 0.6) is 0 Å². The number of hydrogen-bond acceptors (Lipinski definition) is 0. The third-order valence-electron chi connectivity index (χ3n) is 1.06. The van der Waals surface area contributed by atoms with Crippen LogP contribution in [0.1, 0.15) is 0 Å². The second kappa shape index (κ2) is 3.46. The molecule has 0 aliphatic heterocycles. The van der Waals surface area contributed by atoms with E-state index in [0.29, 0.717) is 5.88 Å².